The van der Waals surface area contributed by atoms with Gasteiger partial charge >= 0.3 is 5.69 Å². The van der Waals surface area contributed by atoms with Crippen molar-refractivity contribution in [2.75, 3.05) is 17.7 Å². The first-order valence-corrected chi connectivity index (χ1v) is 11.6. The molecule has 0 saturated heterocycles. The fourth-order valence-corrected chi connectivity index (χ4v) is 4.07. The Morgan fingerprint density at radius 2 is 1.70 bits per heavy atom. The molecule has 0 atom stereocenters. The second-order valence-corrected chi connectivity index (χ2v) is 8.49. The molecule has 0 spiro atoms. The number of rotatable bonds is 7. The van der Waals surface area contributed by atoms with Crippen LogP contribution in [0.25, 0.3) is 10.8 Å². The van der Waals surface area contributed by atoms with E-state index in [4.69, 9.17) is 14.9 Å². The van der Waals surface area contributed by atoms with Gasteiger partial charge in [0.1, 0.15) is 23.9 Å². The minimum absolute atomic E-state index is 0.000721. The van der Waals surface area contributed by atoms with Gasteiger partial charge in [-0.25, -0.2) is 4.79 Å². The van der Waals surface area contributed by atoms with Crippen molar-refractivity contribution >= 4 is 28.2 Å². The van der Waals surface area contributed by atoms with E-state index in [-0.39, 0.29) is 30.4 Å². The van der Waals surface area contributed by atoms with Crippen molar-refractivity contribution < 1.29 is 13.9 Å². The first kappa shape index (κ1) is 23.7. The summed E-state index contributed by atoms with van der Waals surface area (Å²) in [5.41, 5.74) is 5.43. The van der Waals surface area contributed by atoms with Crippen LogP contribution in [0.1, 0.15) is 21.9 Å². The number of aromatic amines is 1. The van der Waals surface area contributed by atoms with Gasteiger partial charge in [0.2, 0.25) is 0 Å². The van der Waals surface area contributed by atoms with Gasteiger partial charge in [0.15, 0.2) is 11.4 Å². The lowest BCUT2D eigenvalue weighted by Gasteiger charge is -2.19. The van der Waals surface area contributed by atoms with E-state index < -0.39 is 17.2 Å². The normalized spacial score (nSPS) is 10.9. The average molecular weight is 497 g/mol. The molecule has 5 aromatic rings. The van der Waals surface area contributed by atoms with Crippen LogP contribution in [0.5, 0.6) is 5.75 Å². The van der Waals surface area contributed by atoms with Crippen LogP contribution in [0.15, 0.2) is 98.9 Å². The van der Waals surface area contributed by atoms with Crippen molar-refractivity contribution in [3.8, 4) is 5.75 Å². The third-order valence-corrected chi connectivity index (χ3v) is 6.01. The highest BCUT2D eigenvalue weighted by atomic mass is 16.5. The maximum Gasteiger partial charge on any atom is 0.330 e. The summed E-state index contributed by atoms with van der Waals surface area (Å²) < 4.78 is 12.7. The van der Waals surface area contributed by atoms with Crippen LogP contribution < -0.4 is 26.6 Å². The van der Waals surface area contributed by atoms with Crippen LogP contribution >= 0.6 is 0 Å². The number of hydrogen-bond acceptors (Lipinski definition) is 6. The number of amides is 1. The van der Waals surface area contributed by atoms with E-state index in [1.165, 1.54) is 17.7 Å². The van der Waals surface area contributed by atoms with E-state index in [0.29, 0.717) is 11.5 Å². The number of ether oxygens (including phenoxy) is 1. The fraction of sp³-hybridized carbons (Fsp3) is 0.107. The molecule has 9 nitrogen and oxygen atoms in total. The highest BCUT2D eigenvalue weighted by molar-refractivity contribution is 6.05. The summed E-state index contributed by atoms with van der Waals surface area (Å²) >= 11 is 0. The third kappa shape index (κ3) is 4.87. The van der Waals surface area contributed by atoms with Crippen LogP contribution in [0.4, 0.5) is 11.5 Å². The number of hydrogen-bond donors (Lipinski definition) is 2. The molecule has 0 radical (unpaired) electrons. The number of nitrogens with two attached hydrogens (primary N) is 1. The summed E-state index contributed by atoms with van der Waals surface area (Å²) in [6.07, 6.45) is 0. The molecule has 0 aliphatic carbocycles. The molecule has 0 aliphatic heterocycles. The largest absolute Gasteiger partial charge is 0.486 e. The number of anilines is 2. The van der Waals surface area contributed by atoms with Gasteiger partial charge in [-0.3, -0.25) is 19.1 Å². The van der Waals surface area contributed by atoms with Gasteiger partial charge in [-0.2, -0.15) is 0 Å². The SMILES string of the molecule is CN(C(=O)c1ccc(COc2ccc3ccccc3c2)o1)c1c(N)n(Cc2ccccc2)c(=O)[nH]c1=O. The Morgan fingerprint density at radius 1 is 0.973 bits per heavy atom. The van der Waals surface area contributed by atoms with Crippen LogP contribution in [-0.4, -0.2) is 22.5 Å². The van der Waals surface area contributed by atoms with Crippen LogP contribution in [0, 0.1) is 0 Å². The number of furan rings is 1. The summed E-state index contributed by atoms with van der Waals surface area (Å²) in [4.78, 5) is 41.5. The van der Waals surface area contributed by atoms with Gasteiger partial charge in [0.05, 0.1) is 6.54 Å². The lowest BCUT2D eigenvalue weighted by Crippen LogP contribution is -2.39. The number of benzene rings is 3. The molecule has 2 heterocycles. The van der Waals surface area contributed by atoms with Crippen LogP contribution in [-0.2, 0) is 13.2 Å². The average Bonchev–Trinajstić information content (AvgIpc) is 3.39. The van der Waals surface area contributed by atoms with E-state index in [1.807, 2.05) is 72.8 Å². The minimum atomic E-state index is -0.769. The van der Waals surface area contributed by atoms with Gasteiger partial charge in [0, 0.05) is 7.05 Å². The van der Waals surface area contributed by atoms with Crippen molar-refractivity contribution in [3.63, 3.8) is 0 Å². The first-order valence-electron chi connectivity index (χ1n) is 11.6. The van der Waals surface area contributed by atoms with Crippen molar-refractivity contribution in [2.24, 2.45) is 0 Å². The number of carbonyl (C=O) groups is 1. The lowest BCUT2D eigenvalue weighted by atomic mass is 10.1. The Morgan fingerprint density at radius 3 is 2.49 bits per heavy atom. The molecule has 3 N–H and O–H groups in total. The molecule has 37 heavy (non-hydrogen) atoms. The zero-order valence-electron chi connectivity index (χ0n) is 20.0. The summed E-state index contributed by atoms with van der Waals surface area (Å²) in [6.45, 7) is 0.244. The first-order chi connectivity index (χ1) is 17.9. The monoisotopic (exact) mass is 496 g/mol. The summed E-state index contributed by atoms with van der Waals surface area (Å²) in [7, 11) is 1.40. The Balaban J connectivity index is 1.34. The van der Waals surface area contributed by atoms with E-state index >= 15 is 0 Å². The molecular formula is C28H24N4O5. The third-order valence-electron chi connectivity index (χ3n) is 6.01. The fourth-order valence-electron chi connectivity index (χ4n) is 4.07. The van der Waals surface area contributed by atoms with Crippen molar-refractivity contribution in [1.29, 1.82) is 0 Å². The quantitative estimate of drug-likeness (QED) is 0.354. The van der Waals surface area contributed by atoms with Gasteiger partial charge in [-0.15, -0.1) is 0 Å². The Hall–Kier alpha value is -5.05. The molecule has 1 amide bonds. The molecule has 0 fully saturated rings. The molecule has 5 rings (SSSR count). The Bertz CT molecular complexity index is 1700. The molecule has 0 bridgehead atoms. The lowest BCUT2D eigenvalue weighted by molar-refractivity contribution is 0.0962. The predicted molar refractivity (Wildman–Crippen MR) is 141 cm³/mol. The molecular weight excluding hydrogens is 472 g/mol. The Labute approximate surface area is 211 Å². The maximum atomic E-state index is 13.1. The summed E-state index contributed by atoms with van der Waals surface area (Å²) in [6, 6.07) is 26.0. The second-order valence-electron chi connectivity index (χ2n) is 8.49. The summed E-state index contributed by atoms with van der Waals surface area (Å²) in [5.74, 6) is 0.374. The number of nitrogens with zero attached hydrogens (tertiary/aromatic N) is 2. The molecule has 0 saturated carbocycles. The number of fused-ring (bicyclic) bond motifs is 1. The number of nitrogen functional groups attached to an aromatic ring is 1. The maximum absolute atomic E-state index is 13.1. The highest BCUT2D eigenvalue weighted by Crippen LogP contribution is 2.23. The topological polar surface area (TPSA) is 124 Å². The molecule has 0 aliphatic rings. The van der Waals surface area contributed by atoms with Crippen molar-refractivity contribution in [1.82, 2.24) is 9.55 Å². The minimum Gasteiger partial charge on any atom is -0.486 e. The highest BCUT2D eigenvalue weighted by Gasteiger charge is 2.24. The number of H-pyrrole nitrogens is 1. The molecule has 3 aromatic carbocycles. The van der Waals surface area contributed by atoms with Gasteiger partial charge < -0.3 is 19.8 Å². The van der Waals surface area contributed by atoms with Crippen molar-refractivity contribution in [3.05, 3.63) is 123 Å². The number of aromatic nitrogens is 2. The van der Waals surface area contributed by atoms with E-state index in [9.17, 15) is 14.4 Å². The smallest absolute Gasteiger partial charge is 0.330 e. The number of carbonyl (C=O) groups excluding carboxylic acids is 1. The van der Waals surface area contributed by atoms with E-state index in [2.05, 4.69) is 4.98 Å². The van der Waals surface area contributed by atoms with Crippen LogP contribution in [0.3, 0.4) is 0 Å². The molecule has 9 heteroatoms. The molecule has 2 aromatic heterocycles. The predicted octanol–water partition coefficient (Wildman–Crippen LogP) is 3.77. The number of nitrogens with one attached hydrogen (secondary N) is 1. The Kier molecular flexibility index (Phi) is 6.34. The zero-order valence-corrected chi connectivity index (χ0v) is 20.0. The summed E-state index contributed by atoms with van der Waals surface area (Å²) in [5, 5.41) is 2.15. The van der Waals surface area contributed by atoms with Crippen molar-refractivity contribution in [2.45, 2.75) is 13.2 Å². The van der Waals surface area contributed by atoms with Gasteiger partial charge in [-0.05, 0) is 40.6 Å². The van der Waals surface area contributed by atoms with E-state index in [0.717, 1.165) is 21.2 Å². The van der Waals surface area contributed by atoms with Gasteiger partial charge in [-0.1, -0.05) is 60.7 Å². The van der Waals surface area contributed by atoms with Crippen LogP contribution in [0.2, 0.25) is 0 Å². The molecule has 186 valence electrons. The van der Waals surface area contributed by atoms with E-state index in [1.54, 1.807) is 6.07 Å². The zero-order chi connectivity index (χ0) is 25.9. The van der Waals surface area contributed by atoms with Gasteiger partial charge in [0.25, 0.3) is 11.5 Å². The standard InChI is InChI=1S/C28H24N4O5/c1-31(24-25(29)32(28(35)30-26(24)33)16-18-7-3-2-4-8-18)27(34)23-14-13-22(37-23)17-36-21-12-11-19-9-5-6-10-20(19)15-21/h2-15H,16-17,29H2,1H3,(H,30,33,35). The second kappa shape index (κ2) is 9.90. The molecule has 0 unspecified atom stereocenters.